The van der Waals surface area contributed by atoms with Crippen LogP contribution in [0.2, 0.25) is 10.0 Å². The number of carbonyl (C=O) groups is 1. The number of amides is 1. The number of rotatable bonds is 6. The van der Waals surface area contributed by atoms with E-state index in [0.717, 1.165) is 18.4 Å². The summed E-state index contributed by atoms with van der Waals surface area (Å²) in [6.07, 6.45) is -2.07. The summed E-state index contributed by atoms with van der Waals surface area (Å²) >= 11 is 12.1. The summed E-state index contributed by atoms with van der Waals surface area (Å²) in [7, 11) is -3.93. The number of alkyl halides is 2. The summed E-state index contributed by atoms with van der Waals surface area (Å²) in [6.45, 7) is 5.46. The Morgan fingerprint density at radius 2 is 1.82 bits per heavy atom. The molecule has 0 unspecified atom stereocenters. The van der Waals surface area contributed by atoms with E-state index in [1.165, 1.54) is 22.8 Å². The van der Waals surface area contributed by atoms with Gasteiger partial charge in [0.1, 0.15) is 0 Å². The van der Waals surface area contributed by atoms with Crippen LogP contribution >= 0.6 is 23.2 Å². The molecule has 2 heterocycles. The van der Waals surface area contributed by atoms with Gasteiger partial charge in [-0.25, -0.2) is 26.7 Å². The molecule has 1 aliphatic heterocycles. The van der Waals surface area contributed by atoms with E-state index in [0.29, 0.717) is 21.8 Å². The molecule has 1 aromatic heterocycles. The summed E-state index contributed by atoms with van der Waals surface area (Å²) in [4.78, 5) is 32.8. The highest BCUT2D eigenvalue weighted by Crippen LogP contribution is 2.31. The monoisotopic (exact) mass is 598 g/mol. The van der Waals surface area contributed by atoms with Crippen LogP contribution < -0.4 is 10.9 Å². The molecule has 39 heavy (non-hydrogen) atoms. The predicted molar refractivity (Wildman–Crippen MR) is 146 cm³/mol. The van der Waals surface area contributed by atoms with Crippen molar-refractivity contribution in [3.05, 3.63) is 79.2 Å². The van der Waals surface area contributed by atoms with Crippen LogP contribution in [0.15, 0.2) is 46.1 Å². The van der Waals surface area contributed by atoms with E-state index in [2.05, 4.69) is 10.3 Å². The van der Waals surface area contributed by atoms with Gasteiger partial charge in [0, 0.05) is 35.0 Å². The summed E-state index contributed by atoms with van der Waals surface area (Å²) in [6, 6.07) is 7.35. The van der Waals surface area contributed by atoms with Crippen LogP contribution in [0.3, 0.4) is 0 Å². The second-order valence-corrected chi connectivity index (χ2v) is 12.5. The Balaban J connectivity index is 1.84. The molecule has 208 valence electrons. The molecule has 8 nitrogen and oxygen atoms in total. The van der Waals surface area contributed by atoms with Gasteiger partial charge in [-0.15, -0.1) is 0 Å². The van der Waals surface area contributed by atoms with E-state index in [1.807, 2.05) is 13.8 Å². The van der Waals surface area contributed by atoms with Gasteiger partial charge in [-0.1, -0.05) is 23.2 Å². The molecule has 0 saturated heterocycles. The molecule has 1 aliphatic rings. The zero-order valence-electron chi connectivity index (χ0n) is 21.5. The zero-order chi connectivity index (χ0) is 28.8. The summed E-state index contributed by atoms with van der Waals surface area (Å²) in [5, 5.41) is 3.62. The number of hydrogen-bond acceptors (Lipinski definition) is 6. The zero-order valence-corrected chi connectivity index (χ0v) is 23.8. The van der Waals surface area contributed by atoms with Crippen molar-refractivity contribution in [3.63, 3.8) is 0 Å². The second kappa shape index (κ2) is 10.9. The average molecular weight is 599 g/mol. The van der Waals surface area contributed by atoms with Crippen molar-refractivity contribution in [1.82, 2.24) is 14.5 Å². The first-order valence-corrected chi connectivity index (χ1v) is 14.6. The van der Waals surface area contributed by atoms with E-state index < -0.39 is 38.3 Å². The maximum absolute atomic E-state index is 13.9. The second-order valence-electron chi connectivity index (χ2n) is 9.71. The molecule has 2 aromatic carbocycles. The number of sulfone groups is 1. The first-order valence-electron chi connectivity index (χ1n) is 12.0. The average Bonchev–Trinajstić information content (AvgIpc) is 2.84. The van der Waals surface area contributed by atoms with Gasteiger partial charge < -0.3 is 10.2 Å². The minimum atomic E-state index is -3.93. The van der Waals surface area contributed by atoms with Gasteiger partial charge in [-0.05, 0) is 63.6 Å². The van der Waals surface area contributed by atoms with Crippen LogP contribution in [0.5, 0.6) is 0 Å². The molecule has 1 amide bonds. The smallest absolute Gasteiger partial charge is 0.265 e. The Morgan fingerprint density at radius 3 is 2.41 bits per heavy atom. The number of hydrogen-bond donors (Lipinski definition) is 1. The van der Waals surface area contributed by atoms with Gasteiger partial charge in [-0.3, -0.25) is 9.59 Å². The van der Waals surface area contributed by atoms with Crippen molar-refractivity contribution >= 4 is 44.9 Å². The lowest BCUT2D eigenvalue weighted by atomic mass is 9.98. The quantitative estimate of drug-likeness (QED) is 0.414. The van der Waals surface area contributed by atoms with E-state index in [4.69, 9.17) is 23.2 Å². The fourth-order valence-corrected chi connectivity index (χ4v) is 5.69. The molecular formula is C26H26Cl2F2N4O4S. The maximum Gasteiger partial charge on any atom is 0.265 e. The van der Waals surface area contributed by atoms with Crippen LogP contribution in [0, 0.1) is 0 Å². The van der Waals surface area contributed by atoms with Crippen LogP contribution in [0.1, 0.15) is 54.4 Å². The molecule has 0 bridgehead atoms. The Morgan fingerprint density at radius 1 is 1.13 bits per heavy atom. The summed E-state index contributed by atoms with van der Waals surface area (Å²) in [5.41, 5.74) is -0.124. The number of benzene rings is 2. The van der Waals surface area contributed by atoms with Crippen molar-refractivity contribution in [2.75, 3.05) is 11.6 Å². The molecule has 0 spiro atoms. The number of nitrogens with one attached hydrogen (secondary N) is 1. The van der Waals surface area contributed by atoms with Crippen molar-refractivity contribution in [3.8, 4) is 5.69 Å². The van der Waals surface area contributed by atoms with Crippen molar-refractivity contribution in [2.45, 2.75) is 57.1 Å². The number of halogens is 4. The van der Waals surface area contributed by atoms with Crippen molar-refractivity contribution in [2.24, 2.45) is 0 Å². The molecular weight excluding hydrogens is 573 g/mol. The SMILES string of the molecule is CC(C)Nc1nc2c(c(=O)n1-c1ccc(S(C)(=O)=O)c(C(F)F)c1)C[C@@H](C)N(C(=O)c1ccc(Cl)c(Cl)c1)C2. The first-order chi connectivity index (χ1) is 18.2. The van der Waals surface area contributed by atoms with Crippen molar-refractivity contribution in [1.29, 1.82) is 0 Å². The van der Waals surface area contributed by atoms with Crippen molar-refractivity contribution < 1.29 is 22.0 Å². The van der Waals surface area contributed by atoms with Gasteiger partial charge in [0.15, 0.2) is 9.84 Å². The van der Waals surface area contributed by atoms with Gasteiger partial charge in [0.05, 0.1) is 32.9 Å². The number of fused-ring (bicyclic) bond motifs is 1. The normalized spacial score (nSPS) is 15.5. The van der Waals surface area contributed by atoms with Crippen LogP contribution in [0.4, 0.5) is 14.7 Å². The maximum atomic E-state index is 13.9. The standard InChI is InChI=1S/C26H26Cl2F2N4O4S/c1-13(2)31-26-32-21-12-33(24(35)15-5-7-19(27)20(28)10-15)14(3)9-17(21)25(36)34(26)16-6-8-22(39(4,37)38)18(11-16)23(29)30/h5-8,10-11,13-14,23H,9,12H2,1-4H3,(H,31,32)/t14-/m1/s1. The molecule has 13 heteroatoms. The fourth-order valence-electron chi connectivity index (χ4n) is 4.50. The molecule has 0 fully saturated rings. The highest BCUT2D eigenvalue weighted by Gasteiger charge is 2.32. The van der Waals surface area contributed by atoms with Gasteiger partial charge in [-0.2, -0.15) is 0 Å². The topological polar surface area (TPSA) is 101 Å². The lowest BCUT2D eigenvalue weighted by Gasteiger charge is -2.35. The Hall–Kier alpha value is -3.02. The third kappa shape index (κ3) is 5.80. The van der Waals surface area contributed by atoms with Gasteiger partial charge >= 0.3 is 0 Å². The Bertz CT molecular complexity index is 1630. The van der Waals surface area contributed by atoms with E-state index in [1.54, 1.807) is 17.9 Å². The fraction of sp³-hybridized carbons (Fsp3) is 0.346. The largest absolute Gasteiger partial charge is 0.353 e. The van der Waals surface area contributed by atoms with Gasteiger partial charge in [0.2, 0.25) is 5.95 Å². The van der Waals surface area contributed by atoms with Crippen LogP contribution in [0.25, 0.3) is 5.69 Å². The summed E-state index contributed by atoms with van der Waals surface area (Å²) in [5.74, 6) is -0.230. The van der Waals surface area contributed by atoms with Crippen LogP contribution in [-0.2, 0) is 22.8 Å². The molecule has 1 atom stereocenters. The summed E-state index contributed by atoms with van der Waals surface area (Å²) < 4.78 is 53.0. The number of anilines is 1. The van der Waals surface area contributed by atoms with E-state index in [9.17, 15) is 26.8 Å². The third-order valence-electron chi connectivity index (χ3n) is 6.35. The first kappa shape index (κ1) is 29.0. The number of aromatic nitrogens is 2. The Kier molecular flexibility index (Phi) is 8.07. The highest BCUT2D eigenvalue weighted by atomic mass is 35.5. The lowest BCUT2D eigenvalue weighted by Crippen LogP contribution is -2.46. The highest BCUT2D eigenvalue weighted by molar-refractivity contribution is 7.90. The predicted octanol–water partition coefficient (Wildman–Crippen LogP) is 5.29. The minimum absolute atomic E-state index is 0.0355. The number of carbonyl (C=O) groups excluding carboxylic acids is 1. The van der Waals surface area contributed by atoms with Crippen LogP contribution in [-0.4, -0.2) is 47.1 Å². The third-order valence-corrected chi connectivity index (χ3v) is 8.26. The molecule has 4 rings (SSSR count). The van der Waals surface area contributed by atoms with E-state index in [-0.39, 0.29) is 41.6 Å². The molecule has 1 N–H and O–H groups in total. The number of nitrogens with zero attached hydrogens (tertiary/aromatic N) is 3. The van der Waals surface area contributed by atoms with E-state index >= 15 is 0 Å². The Labute approximate surface area is 234 Å². The molecule has 0 radical (unpaired) electrons. The molecule has 3 aromatic rings. The lowest BCUT2D eigenvalue weighted by molar-refractivity contribution is 0.0653. The molecule has 0 aliphatic carbocycles. The minimum Gasteiger partial charge on any atom is -0.353 e. The van der Waals surface area contributed by atoms with Gasteiger partial charge in [0.25, 0.3) is 17.9 Å². The molecule has 0 saturated carbocycles.